The van der Waals surface area contributed by atoms with Gasteiger partial charge in [-0.05, 0) is 73.0 Å². The summed E-state index contributed by atoms with van der Waals surface area (Å²) >= 11 is 0. The highest BCUT2D eigenvalue weighted by Gasteiger charge is 2.16. The van der Waals surface area contributed by atoms with Crippen molar-refractivity contribution in [3.8, 4) is 11.8 Å². The molecule has 0 bridgehead atoms. The Bertz CT molecular complexity index is 1120. The van der Waals surface area contributed by atoms with Gasteiger partial charge in [-0.3, -0.25) is 4.79 Å². The van der Waals surface area contributed by atoms with Crippen molar-refractivity contribution in [1.82, 2.24) is 0 Å². The third kappa shape index (κ3) is 6.42. The number of nitriles is 1. The van der Waals surface area contributed by atoms with Crippen LogP contribution in [0.5, 0.6) is 5.75 Å². The van der Waals surface area contributed by atoms with Crippen molar-refractivity contribution >= 4 is 17.4 Å². The van der Waals surface area contributed by atoms with E-state index in [1.807, 2.05) is 24.3 Å². The molecular weight excluding hydrogens is 406 g/mol. The van der Waals surface area contributed by atoms with Gasteiger partial charge in [-0.25, -0.2) is 10.3 Å². The van der Waals surface area contributed by atoms with E-state index in [0.717, 1.165) is 11.1 Å². The van der Waals surface area contributed by atoms with E-state index in [1.54, 1.807) is 48.5 Å². The minimum absolute atomic E-state index is 0.0415. The first-order chi connectivity index (χ1) is 15.4. The van der Waals surface area contributed by atoms with Crippen molar-refractivity contribution in [2.45, 2.75) is 26.0 Å². The van der Waals surface area contributed by atoms with Crippen molar-refractivity contribution in [2.75, 3.05) is 5.48 Å². The number of carbonyl (C=O) groups is 2. The van der Waals surface area contributed by atoms with Crippen LogP contribution in [-0.2, 0) is 22.7 Å². The molecule has 0 aliphatic rings. The van der Waals surface area contributed by atoms with Crippen LogP contribution >= 0.6 is 0 Å². The topological polar surface area (TPSA) is 114 Å². The fourth-order valence-electron chi connectivity index (χ4n) is 2.91. The number of nitrogens with one attached hydrogen (secondary N) is 1. The first kappa shape index (κ1) is 22.5. The summed E-state index contributed by atoms with van der Waals surface area (Å²) in [5.74, 6) is 0.0291. The molecule has 1 atom stereocenters. The summed E-state index contributed by atoms with van der Waals surface area (Å²) in [6.45, 7) is 1.83. The van der Waals surface area contributed by atoms with Crippen molar-refractivity contribution in [1.29, 1.82) is 5.26 Å². The standard InChI is InChI=1S/C25H23N3O4/c1-17(29)21-7-9-22(10-8-21)28-32-25(30)24(27)14-18-5-11-23(12-6-18)31-16-20-4-2-3-19(13-20)15-26/h2-13,24,28H,14,16,27H2,1H3/t24-/m0/s1. The molecule has 0 aliphatic heterocycles. The van der Waals surface area contributed by atoms with Crippen LogP contribution in [0.25, 0.3) is 0 Å². The monoisotopic (exact) mass is 429 g/mol. The fraction of sp³-hybridized carbons (Fsp3) is 0.160. The highest BCUT2D eigenvalue weighted by atomic mass is 16.7. The molecule has 7 heteroatoms. The molecule has 3 aromatic rings. The van der Waals surface area contributed by atoms with E-state index >= 15 is 0 Å². The summed E-state index contributed by atoms with van der Waals surface area (Å²) in [5, 5.41) is 8.96. The number of anilines is 1. The number of nitrogens with two attached hydrogens (primary N) is 1. The second-order valence-electron chi connectivity index (χ2n) is 7.21. The maximum atomic E-state index is 12.2. The summed E-state index contributed by atoms with van der Waals surface area (Å²) < 4.78 is 5.75. The summed E-state index contributed by atoms with van der Waals surface area (Å²) in [7, 11) is 0. The first-order valence-electron chi connectivity index (χ1n) is 9.98. The lowest BCUT2D eigenvalue weighted by molar-refractivity contribution is -0.142. The van der Waals surface area contributed by atoms with Gasteiger partial charge in [-0.2, -0.15) is 5.26 Å². The Kier molecular flexibility index (Phi) is 7.57. The number of hydrogen-bond donors (Lipinski definition) is 2. The third-order valence-electron chi connectivity index (χ3n) is 4.70. The zero-order valence-electron chi connectivity index (χ0n) is 17.6. The SMILES string of the molecule is CC(=O)c1ccc(NOC(=O)[C@@H](N)Cc2ccc(OCc3cccc(C#N)c3)cc2)cc1. The molecule has 0 amide bonds. The predicted molar refractivity (Wildman–Crippen MR) is 120 cm³/mol. The van der Waals surface area contributed by atoms with Gasteiger partial charge in [-0.15, -0.1) is 0 Å². The normalized spacial score (nSPS) is 11.2. The Balaban J connectivity index is 1.47. The molecule has 0 spiro atoms. The van der Waals surface area contributed by atoms with Gasteiger partial charge in [0, 0.05) is 5.56 Å². The molecule has 162 valence electrons. The van der Waals surface area contributed by atoms with E-state index < -0.39 is 12.0 Å². The molecule has 3 N–H and O–H groups in total. The number of nitrogens with zero attached hydrogens (tertiary/aromatic N) is 1. The third-order valence-corrected chi connectivity index (χ3v) is 4.70. The largest absolute Gasteiger partial charge is 0.489 e. The van der Waals surface area contributed by atoms with Gasteiger partial charge in [-0.1, -0.05) is 24.3 Å². The van der Waals surface area contributed by atoms with Crippen LogP contribution in [0.15, 0.2) is 72.8 Å². The second kappa shape index (κ2) is 10.8. The molecule has 3 rings (SSSR count). The summed E-state index contributed by atoms with van der Waals surface area (Å²) in [4.78, 5) is 28.5. The Morgan fingerprint density at radius 2 is 1.75 bits per heavy atom. The van der Waals surface area contributed by atoms with Crippen molar-refractivity contribution in [3.63, 3.8) is 0 Å². The molecule has 0 saturated heterocycles. The van der Waals surface area contributed by atoms with Gasteiger partial charge in [0.25, 0.3) is 0 Å². The predicted octanol–water partition coefficient (Wildman–Crippen LogP) is 3.78. The number of ether oxygens (including phenoxy) is 1. The fourth-order valence-corrected chi connectivity index (χ4v) is 2.91. The van der Waals surface area contributed by atoms with Gasteiger partial charge in [0.05, 0.1) is 17.3 Å². The molecule has 0 fully saturated rings. The van der Waals surface area contributed by atoms with E-state index in [-0.39, 0.29) is 5.78 Å². The van der Waals surface area contributed by atoms with Crippen molar-refractivity contribution < 1.29 is 19.2 Å². The van der Waals surface area contributed by atoms with Gasteiger partial charge in [0.15, 0.2) is 5.78 Å². The number of ketones is 1. The van der Waals surface area contributed by atoms with Crippen LogP contribution < -0.4 is 16.0 Å². The zero-order valence-corrected chi connectivity index (χ0v) is 17.6. The lowest BCUT2D eigenvalue weighted by atomic mass is 10.1. The molecule has 0 radical (unpaired) electrons. The van der Waals surface area contributed by atoms with Gasteiger partial charge < -0.3 is 15.3 Å². The average Bonchev–Trinajstić information content (AvgIpc) is 2.82. The van der Waals surface area contributed by atoms with E-state index in [9.17, 15) is 9.59 Å². The highest BCUT2D eigenvalue weighted by molar-refractivity contribution is 5.94. The van der Waals surface area contributed by atoms with Crippen LogP contribution in [0.3, 0.4) is 0 Å². The first-order valence-corrected chi connectivity index (χ1v) is 9.98. The van der Waals surface area contributed by atoms with Crippen molar-refractivity contribution in [2.24, 2.45) is 5.73 Å². The molecule has 3 aromatic carbocycles. The Hall–Kier alpha value is -4.15. The Morgan fingerprint density at radius 1 is 1.03 bits per heavy atom. The molecule has 0 unspecified atom stereocenters. The zero-order chi connectivity index (χ0) is 22.9. The van der Waals surface area contributed by atoms with Crippen molar-refractivity contribution in [3.05, 3.63) is 95.1 Å². The van der Waals surface area contributed by atoms with Gasteiger partial charge in [0.2, 0.25) is 0 Å². The molecule has 32 heavy (non-hydrogen) atoms. The molecular formula is C25H23N3O4. The lowest BCUT2D eigenvalue weighted by Crippen LogP contribution is -2.35. The number of rotatable bonds is 9. The van der Waals surface area contributed by atoms with Crippen LogP contribution in [0, 0.1) is 11.3 Å². The van der Waals surface area contributed by atoms with Crippen LogP contribution in [-0.4, -0.2) is 17.8 Å². The Morgan fingerprint density at radius 3 is 2.41 bits per heavy atom. The van der Waals surface area contributed by atoms with Crippen LogP contribution in [0.2, 0.25) is 0 Å². The second-order valence-corrected chi connectivity index (χ2v) is 7.21. The van der Waals surface area contributed by atoms with E-state index in [2.05, 4.69) is 11.5 Å². The molecule has 0 saturated carbocycles. The summed E-state index contributed by atoms with van der Waals surface area (Å²) in [6, 6.07) is 22.3. The number of Topliss-reactive ketones (excluding diaryl/α,β-unsaturated/α-hetero) is 1. The molecule has 0 heterocycles. The number of carbonyl (C=O) groups excluding carboxylic acids is 2. The summed E-state index contributed by atoms with van der Waals surface area (Å²) in [5.41, 5.74) is 12.0. The average molecular weight is 429 g/mol. The van der Waals surface area contributed by atoms with Gasteiger partial charge in [0.1, 0.15) is 18.4 Å². The lowest BCUT2D eigenvalue weighted by Gasteiger charge is -2.13. The van der Waals surface area contributed by atoms with Crippen LogP contribution in [0.1, 0.15) is 34.0 Å². The number of hydrogen-bond acceptors (Lipinski definition) is 7. The maximum absolute atomic E-state index is 12.2. The minimum atomic E-state index is -0.848. The molecule has 7 nitrogen and oxygen atoms in total. The Labute approximate surface area is 186 Å². The highest BCUT2D eigenvalue weighted by Crippen LogP contribution is 2.16. The minimum Gasteiger partial charge on any atom is -0.489 e. The maximum Gasteiger partial charge on any atom is 0.348 e. The summed E-state index contributed by atoms with van der Waals surface area (Å²) in [6.07, 6.45) is 0.300. The van der Waals surface area contributed by atoms with Gasteiger partial charge >= 0.3 is 5.97 Å². The molecule has 0 aliphatic carbocycles. The van der Waals surface area contributed by atoms with E-state index in [4.69, 9.17) is 20.6 Å². The smallest absolute Gasteiger partial charge is 0.348 e. The van der Waals surface area contributed by atoms with E-state index in [1.165, 1.54) is 6.92 Å². The quantitative estimate of drug-likeness (QED) is 0.393. The van der Waals surface area contributed by atoms with Crippen LogP contribution in [0.4, 0.5) is 5.69 Å². The van der Waals surface area contributed by atoms with E-state index in [0.29, 0.717) is 35.6 Å². The number of benzene rings is 3. The molecule has 0 aromatic heterocycles.